The summed E-state index contributed by atoms with van der Waals surface area (Å²) >= 11 is 0. The quantitative estimate of drug-likeness (QED) is 0.491. The first-order valence-corrected chi connectivity index (χ1v) is 11.0. The molecule has 3 aromatic carbocycles. The standard InChI is InChI=1S/C27H30FN3O3/c1-19(20-8-6-5-7-9-20)31(27(33)21-10-12-23(28)13-11-21)17-22-16-24(29-26(32)18-34-4)14-15-25(22)30(2)3/h5-16,19H,17-18H2,1-4H3,(H,29,32)/t19-/m1/s1. The van der Waals surface area contributed by atoms with Crippen molar-refractivity contribution in [1.29, 1.82) is 0 Å². The van der Waals surface area contributed by atoms with Crippen LogP contribution in [0.25, 0.3) is 0 Å². The molecule has 34 heavy (non-hydrogen) atoms. The number of hydrogen-bond acceptors (Lipinski definition) is 4. The zero-order valence-corrected chi connectivity index (χ0v) is 19.9. The van der Waals surface area contributed by atoms with Gasteiger partial charge in [-0.1, -0.05) is 30.3 Å². The summed E-state index contributed by atoms with van der Waals surface area (Å²) in [5, 5.41) is 2.82. The average Bonchev–Trinajstić information content (AvgIpc) is 2.83. The summed E-state index contributed by atoms with van der Waals surface area (Å²) in [5.41, 5.74) is 3.78. The van der Waals surface area contributed by atoms with Gasteiger partial charge in [0, 0.05) is 44.7 Å². The lowest BCUT2D eigenvalue weighted by Crippen LogP contribution is -2.34. The van der Waals surface area contributed by atoms with Gasteiger partial charge in [-0.2, -0.15) is 0 Å². The number of carbonyl (C=O) groups is 2. The lowest BCUT2D eigenvalue weighted by molar-refractivity contribution is -0.119. The maximum Gasteiger partial charge on any atom is 0.254 e. The van der Waals surface area contributed by atoms with E-state index >= 15 is 0 Å². The highest BCUT2D eigenvalue weighted by Crippen LogP contribution is 2.30. The Bertz CT molecular complexity index is 1120. The van der Waals surface area contributed by atoms with E-state index in [4.69, 9.17) is 4.74 Å². The molecule has 0 heterocycles. The van der Waals surface area contributed by atoms with Crippen molar-refractivity contribution in [2.75, 3.05) is 38.0 Å². The molecule has 0 aromatic heterocycles. The van der Waals surface area contributed by atoms with Crippen LogP contribution in [0, 0.1) is 5.82 Å². The van der Waals surface area contributed by atoms with Gasteiger partial charge >= 0.3 is 0 Å². The Kier molecular flexibility index (Phi) is 8.38. The van der Waals surface area contributed by atoms with Crippen LogP contribution in [0.2, 0.25) is 0 Å². The van der Waals surface area contributed by atoms with Crippen molar-refractivity contribution >= 4 is 23.2 Å². The van der Waals surface area contributed by atoms with Gasteiger partial charge in [0.15, 0.2) is 0 Å². The first-order chi connectivity index (χ1) is 16.3. The van der Waals surface area contributed by atoms with Gasteiger partial charge in [-0.3, -0.25) is 9.59 Å². The van der Waals surface area contributed by atoms with E-state index in [9.17, 15) is 14.0 Å². The minimum absolute atomic E-state index is 0.0506. The molecule has 1 atom stereocenters. The number of anilines is 2. The maximum absolute atomic E-state index is 13.6. The van der Waals surface area contributed by atoms with Crippen LogP contribution in [0.15, 0.2) is 72.8 Å². The number of halogens is 1. The zero-order valence-electron chi connectivity index (χ0n) is 19.9. The Hall–Kier alpha value is -3.71. The van der Waals surface area contributed by atoms with Crippen molar-refractivity contribution in [2.45, 2.75) is 19.5 Å². The third-order valence-corrected chi connectivity index (χ3v) is 5.56. The fourth-order valence-corrected chi connectivity index (χ4v) is 3.79. The number of ether oxygens (including phenoxy) is 1. The molecule has 1 N–H and O–H groups in total. The van der Waals surface area contributed by atoms with E-state index in [0.29, 0.717) is 11.3 Å². The van der Waals surface area contributed by atoms with Gasteiger partial charge in [0.05, 0.1) is 6.04 Å². The van der Waals surface area contributed by atoms with Crippen molar-refractivity contribution in [2.24, 2.45) is 0 Å². The molecule has 0 spiro atoms. The number of amides is 2. The molecule has 7 heteroatoms. The Labute approximate surface area is 200 Å². The van der Waals surface area contributed by atoms with Gasteiger partial charge in [-0.25, -0.2) is 4.39 Å². The number of carbonyl (C=O) groups excluding carboxylic acids is 2. The van der Waals surface area contributed by atoms with E-state index in [2.05, 4.69) is 5.32 Å². The van der Waals surface area contributed by atoms with Crippen molar-refractivity contribution in [1.82, 2.24) is 4.90 Å². The highest BCUT2D eigenvalue weighted by Gasteiger charge is 2.25. The molecule has 178 valence electrons. The van der Waals surface area contributed by atoms with Crippen LogP contribution in [-0.4, -0.2) is 44.5 Å². The van der Waals surface area contributed by atoms with Crippen LogP contribution < -0.4 is 10.2 Å². The number of benzene rings is 3. The number of nitrogens with one attached hydrogen (secondary N) is 1. The zero-order chi connectivity index (χ0) is 24.7. The molecular weight excluding hydrogens is 433 g/mol. The van der Waals surface area contributed by atoms with E-state index < -0.39 is 5.82 Å². The summed E-state index contributed by atoms with van der Waals surface area (Å²) in [6.07, 6.45) is 0. The van der Waals surface area contributed by atoms with E-state index in [0.717, 1.165) is 16.8 Å². The third-order valence-electron chi connectivity index (χ3n) is 5.56. The highest BCUT2D eigenvalue weighted by atomic mass is 19.1. The van der Waals surface area contributed by atoms with E-state index in [1.54, 1.807) is 4.90 Å². The van der Waals surface area contributed by atoms with Crippen molar-refractivity contribution < 1.29 is 18.7 Å². The highest BCUT2D eigenvalue weighted by molar-refractivity contribution is 5.95. The molecule has 0 aliphatic heterocycles. The van der Waals surface area contributed by atoms with Gasteiger partial charge in [-0.15, -0.1) is 0 Å². The second kappa shape index (κ2) is 11.4. The normalized spacial score (nSPS) is 11.6. The second-order valence-electron chi connectivity index (χ2n) is 8.25. The van der Waals surface area contributed by atoms with E-state index in [1.165, 1.54) is 31.4 Å². The summed E-state index contributed by atoms with van der Waals surface area (Å²) in [7, 11) is 5.31. The molecule has 3 aromatic rings. The topological polar surface area (TPSA) is 61.9 Å². The predicted molar refractivity (Wildman–Crippen MR) is 132 cm³/mol. The van der Waals surface area contributed by atoms with Gasteiger partial charge in [0.2, 0.25) is 5.91 Å². The molecule has 0 bridgehead atoms. The van der Waals surface area contributed by atoms with Crippen LogP contribution in [0.4, 0.5) is 15.8 Å². The second-order valence-corrected chi connectivity index (χ2v) is 8.25. The summed E-state index contributed by atoms with van der Waals surface area (Å²) in [6, 6.07) is 20.7. The monoisotopic (exact) mass is 463 g/mol. The lowest BCUT2D eigenvalue weighted by atomic mass is 10.0. The largest absolute Gasteiger partial charge is 0.377 e. The van der Waals surface area contributed by atoms with Crippen LogP contribution >= 0.6 is 0 Å². The summed E-state index contributed by atoms with van der Waals surface area (Å²) in [5.74, 6) is -0.869. The molecule has 0 aliphatic carbocycles. The van der Waals surface area contributed by atoms with Crippen LogP contribution in [0.3, 0.4) is 0 Å². The molecule has 3 rings (SSSR count). The first-order valence-electron chi connectivity index (χ1n) is 11.0. The van der Waals surface area contributed by atoms with Crippen molar-refractivity contribution in [3.05, 3.63) is 95.3 Å². The fraction of sp³-hybridized carbons (Fsp3) is 0.259. The SMILES string of the molecule is COCC(=O)Nc1ccc(N(C)C)c(CN(C(=O)c2ccc(F)cc2)[C@H](C)c2ccccc2)c1. The Morgan fingerprint density at radius 1 is 1.00 bits per heavy atom. The predicted octanol–water partition coefficient (Wildman–Crippen LogP) is 4.88. The first kappa shape index (κ1) is 24.9. The van der Waals surface area contributed by atoms with Crippen molar-refractivity contribution in [3.8, 4) is 0 Å². The molecule has 0 radical (unpaired) electrons. The molecule has 0 saturated carbocycles. The van der Waals surface area contributed by atoms with Gasteiger partial charge in [-0.05, 0) is 60.5 Å². The molecule has 0 saturated heterocycles. The van der Waals surface area contributed by atoms with Gasteiger partial charge in [0.25, 0.3) is 5.91 Å². The third kappa shape index (κ3) is 6.20. The molecule has 0 fully saturated rings. The number of rotatable bonds is 9. The van der Waals surface area contributed by atoms with Crippen LogP contribution in [0.5, 0.6) is 0 Å². The minimum atomic E-state index is -0.395. The van der Waals surface area contributed by atoms with Crippen LogP contribution in [0.1, 0.15) is 34.5 Å². The van der Waals surface area contributed by atoms with Gasteiger partial charge in [0.1, 0.15) is 12.4 Å². The minimum Gasteiger partial charge on any atom is -0.377 e. The molecule has 0 unspecified atom stereocenters. The average molecular weight is 464 g/mol. The Balaban J connectivity index is 2.01. The summed E-state index contributed by atoms with van der Waals surface area (Å²) in [4.78, 5) is 29.4. The smallest absolute Gasteiger partial charge is 0.254 e. The molecular formula is C27H30FN3O3. The summed E-state index contributed by atoms with van der Waals surface area (Å²) < 4.78 is 18.4. The Morgan fingerprint density at radius 2 is 1.68 bits per heavy atom. The lowest BCUT2D eigenvalue weighted by Gasteiger charge is -2.31. The Morgan fingerprint density at radius 3 is 2.29 bits per heavy atom. The number of methoxy groups -OCH3 is 1. The number of nitrogens with zero attached hydrogens (tertiary/aromatic N) is 2. The van der Waals surface area contributed by atoms with Gasteiger partial charge < -0.3 is 19.9 Å². The molecule has 2 amide bonds. The maximum atomic E-state index is 13.6. The number of hydrogen-bond donors (Lipinski definition) is 1. The van der Waals surface area contributed by atoms with E-state index in [-0.39, 0.29) is 31.0 Å². The molecule has 0 aliphatic rings. The van der Waals surface area contributed by atoms with Crippen LogP contribution in [-0.2, 0) is 16.1 Å². The van der Waals surface area contributed by atoms with E-state index in [1.807, 2.05) is 74.4 Å². The van der Waals surface area contributed by atoms with Crippen molar-refractivity contribution in [3.63, 3.8) is 0 Å². The fourth-order valence-electron chi connectivity index (χ4n) is 3.79. The molecule has 6 nitrogen and oxygen atoms in total. The summed E-state index contributed by atoms with van der Waals surface area (Å²) in [6.45, 7) is 2.20.